The predicted molar refractivity (Wildman–Crippen MR) is 65.0 cm³/mol. The van der Waals surface area contributed by atoms with Gasteiger partial charge in [-0.1, -0.05) is 31.9 Å². The maximum Gasteiger partial charge on any atom is 0.0913 e. The molecule has 0 aliphatic heterocycles. The van der Waals surface area contributed by atoms with E-state index in [0.717, 1.165) is 11.1 Å². The highest BCUT2D eigenvalue weighted by molar-refractivity contribution is 5.38. The average Bonchev–Trinajstić information content (AvgIpc) is 2.29. The first kappa shape index (κ1) is 12.8. The molecule has 0 bridgehead atoms. The van der Waals surface area contributed by atoms with Crippen molar-refractivity contribution >= 4 is 0 Å². The van der Waals surface area contributed by atoms with E-state index in [1.54, 1.807) is 0 Å². The lowest BCUT2D eigenvalue weighted by Crippen LogP contribution is -2.24. The van der Waals surface area contributed by atoms with E-state index in [1.165, 1.54) is 0 Å². The molecule has 0 radical (unpaired) electrons. The van der Waals surface area contributed by atoms with Crippen LogP contribution in [0, 0.1) is 12.3 Å². The number of benzene rings is 1. The van der Waals surface area contributed by atoms with Crippen LogP contribution in [-0.2, 0) is 15.2 Å². The summed E-state index contributed by atoms with van der Waals surface area (Å²) in [6.45, 7) is 7.16. The monoisotopic (exact) mass is 218 g/mol. The molecular weight excluding hydrogens is 200 g/mol. The first-order chi connectivity index (χ1) is 7.60. The molecule has 0 fully saturated rings. The number of terminal acetylenes is 1. The molecule has 86 valence electrons. The highest BCUT2D eigenvalue weighted by Gasteiger charge is 2.21. The van der Waals surface area contributed by atoms with E-state index in [4.69, 9.17) is 16.2 Å². The SMILES string of the molecule is C#Cc1cccc(C(C)(C)COOCC)c1. The van der Waals surface area contributed by atoms with E-state index in [1.807, 2.05) is 25.1 Å². The number of hydrogen-bond donors (Lipinski definition) is 0. The van der Waals surface area contributed by atoms with Gasteiger partial charge in [-0.05, 0) is 24.6 Å². The van der Waals surface area contributed by atoms with Gasteiger partial charge in [-0.3, -0.25) is 0 Å². The quantitative estimate of drug-likeness (QED) is 0.327. The highest BCUT2D eigenvalue weighted by Crippen LogP contribution is 2.24. The van der Waals surface area contributed by atoms with E-state index < -0.39 is 0 Å². The van der Waals surface area contributed by atoms with Crippen molar-refractivity contribution in [2.45, 2.75) is 26.2 Å². The number of hydrogen-bond acceptors (Lipinski definition) is 2. The van der Waals surface area contributed by atoms with Gasteiger partial charge in [0.1, 0.15) is 0 Å². The molecule has 1 rings (SSSR count). The molecule has 0 unspecified atom stereocenters. The summed E-state index contributed by atoms with van der Waals surface area (Å²) in [6, 6.07) is 7.95. The van der Waals surface area contributed by atoms with Crippen LogP contribution in [0.5, 0.6) is 0 Å². The van der Waals surface area contributed by atoms with Gasteiger partial charge in [0.15, 0.2) is 0 Å². The lowest BCUT2D eigenvalue weighted by molar-refractivity contribution is -0.299. The topological polar surface area (TPSA) is 18.5 Å². The van der Waals surface area contributed by atoms with Gasteiger partial charge in [-0.15, -0.1) is 6.42 Å². The fraction of sp³-hybridized carbons (Fsp3) is 0.429. The molecule has 2 nitrogen and oxygen atoms in total. The van der Waals surface area contributed by atoms with Gasteiger partial charge in [0.2, 0.25) is 0 Å². The summed E-state index contributed by atoms with van der Waals surface area (Å²) in [5, 5.41) is 0. The molecule has 1 aromatic carbocycles. The molecule has 0 saturated carbocycles. The minimum atomic E-state index is -0.109. The molecule has 0 heterocycles. The van der Waals surface area contributed by atoms with Gasteiger partial charge in [0.05, 0.1) is 13.2 Å². The summed E-state index contributed by atoms with van der Waals surface area (Å²) in [6.07, 6.45) is 5.38. The van der Waals surface area contributed by atoms with Crippen LogP contribution in [0.15, 0.2) is 24.3 Å². The summed E-state index contributed by atoms with van der Waals surface area (Å²) < 4.78 is 0. The molecule has 0 aliphatic carbocycles. The van der Waals surface area contributed by atoms with Gasteiger partial charge in [0, 0.05) is 11.0 Å². The van der Waals surface area contributed by atoms with Crippen LogP contribution >= 0.6 is 0 Å². The molecule has 0 aliphatic rings. The van der Waals surface area contributed by atoms with Gasteiger partial charge in [-0.25, -0.2) is 9.78 Å². The van der Waals surface area contributed by atoms with Gasteiger partial charge in [-0.2, -0.15) is 0 Å². The largest absolute Gasteiger partial charge is 0.237 e. The lowest BCUT2D eigenvalue weighted by Gasteiger charge is -2.24. The van der Waals surface area contributed by atoms with E-state index in [9.17, 15) is 0 Å². The van der Waals surface area contributed by atoms with Crippen LogP contribution in [0.4, 0.5) is 0 Å². The average molecular weight is 218 g/mol. The summed E-state index contributed by atoms with van der Waals surface area (Å²) >= 11 is 0. The minimum Gasteiger partial charge on any atom is -0.237 e. The maximum atomic E-state index is 5.38. The van der Waals surface area contributed by atoms with Gasteiger partial charge in [0.25, 0.3) is 0 Å². The van der Waals surface area contributed by atoms with Crippen LogP contribution in [0.1, 0.15) is 31.9 Å². The normalized spacial score (nSPS) is 11.1. The summed E-state index contributed by atoms with van der Waals surface area (Å²) in [5.74, 6) is 2.63. The molecule has 0 N–H and O–H groups in total. The maximum absolute atomic E-state index is 5.38. The molecular formula is C14H18O2. The highest BCUT2D eigenvalue weighted by atomic mass is 17.2. The van der Waals surface area contributed by atoms with Crippen LogP contribution in [0.2, 0.25) is 0 Å². The van der Waals surface area contributed by atoms with Crippen molar-refractivity contribution in [1.29, 1.82) is 0 Å². The smallest absolute Gasteiger partial charge is 0.0913 e. The van der Waals surface area contributed by atoms with Crippen molar-refractivity contribution in [2.24, 2.45) is 0 Å². The van der Waals surface area contributed by atoms with Crippen LogP contribution in [-0.4, -0.2) is 13.2 Å². The standard InChI is InChI=1S/C14H18O2/c1-5-12-8-7-9-13(10-12)14(3,4)11-16-15-6-2/h1,7-10H,6,11H2,2-4H3. The zero-order valence-electron chi connectivity index (χ0n) is 10.1. The van der Waals surface area contributed by atoms with Crippen molar-refractivity contribution in [3.05, 3.63) is 35.4 Å². The predicted octanol–water partition coefficient (Wildman–Crippen LogP) is 2.91. The van der Waals surface area contributed by atoms with E-state index in [2.05, 4.69) is 25.8 Å². The number of rotatable bonds is 5. The van der Waals surface area contributed by atoms with Gasteiger partial charge < -0.3 is 0 Å². The molecule has 1 aromatic rings. The zero-order valence-corrected chi connectivity index (χ0v) is 10.1. The molecule has 0 amide bonds. The fourth-order valence-corrected chi connectivity index (χ4v) is 1.39. The van der Waals surface area contributed by atoms with Crippen molar-refractivity contribution in [2.75, 3.05) is 13.2 Å². The summed E-state index contributed by atoms with van der Waals surface area (Å²) in [5.41, 5.74) is 1.94. The minimum absolute atomic E-state index is 0.109. The molecule has 16 heavy (non-hydrogen) atoms. The molecule has 0 atom stereocenters. The first-order valence-electron chi connectivity index (χ1n) is 5.41. The van der Waals surface area contributed by atoms with E-state index >= 15 is 0 Å². The Morgan fingerprint density at radius 3 is 2.69 bits per heavy atom. The molecule has 0 saturated heterocycles. The molecule has 2 heteroatoms. The van der Waals surface area contributed by atoms with Crippen molar-refractivity contribution in [3.8, 4) is 12.3 Å². The fourth-order valence-electron chi connectivity index (χ4n) is 1.39. The Kier molecular flexibility index (Phi) is 4.54. The van der Waals surface area contributed by atoms with E-state index in [0.29, 0.717) is 13.2 Å². The Labute approximate surface area is 97.5 Å². The third-order valence-electron chi connectivity index (χ3n) is 2.43. The van der Waals surface area contributed by atoms with Crippen molar-refractivity contribution < 1.29 is 9.78 Å². The zero-order chi connectivity index (χ0) is 12.0. The summed E-state index contributed by atoms with van der Waals surface area (Å²) in [4.78, 5) is 10.0. The third-order valence-corrected chi connectivity index (χ3v) is 2.43. The Morgan fingerprint density at radius 2 is 2.06 bits per heavy atom. The Balaban J connectivity index is 2.77. The molecule has 0 aromatic heterocycles. The Hall–Kier alpha value is -1.30. The Morgan fingerprint density at radius 1 is 1.31 bits per heavy atom. The lowest BCUT2D eigenvalue weighted by atomic mass is 9.85. The van der Waals surface area contributed by atoms with Crippen molar-refractivity contribution in [3.63, 3.8) is 0 Å². The van der Waals surface area contributed by atoms with Crippen LogP contribution < -0.4 is 0 Å². The summed E-state index contributed by atoms with van der Waals surface area (Å²) in [7, 11) is 0. The van der Waals surface area contributed by atoms with Crippen LogP contribution in [0.3, 0.4) is 0 Å². The van der Waals surface area contributed by atoms with Crippen LogP contribution in [0.25, 0.3) is 0 Å². The molecule has 0 spiro atoms. The first-order valence-corrected chi connectivity index (χ1v) is 5.41. The van der Waals surface area contributed by atoms with E-state index in [-0.39, 0.29) is 5.41 Å². The Bertz CT molecular complexity index is 375. The second-order valence-electron chi connectivity index (χ2n) is 4.28. The van der Waals surface area contributed by atoms with Crippen molar-refractivity contribution in [1.82, 2.24) is 0 Å². The van der Waals surface area contributed by atoms with Gasteiger partial charge >= 0.3 is 0 Å². The second-order valence-corrected chi connectivity index (χ2v) is 4.28. The third kappa shape index (κ3) is 3.37. The second kappa shape index (κ2) is 5.69.